The zero-order valence-electron chi connectivity index (χ0n) is 17.0. The van der Waals surface area contributed by atoms with Crippen molar-refractivity contribution in [2.24, 2.45) is 0 Å². The van der Waals surface area contributed by atoms with Gasteiger partial charge in [-0.05, 0) is 35.2 Å². The Hall–Kier alpha value is -2.64. The van der Waals surface area contributed by atoms with E-state index in [9.17, 15) is 9.59 Å². The Morgan fingerprint density at radius 3 is 1.61 bits per heavy atom. The number of nitrogens with zero attached hydrogens (tertiary/aromatic N) is 4. The standard InChI is InChI=1S/C10H8N2OS.C7H7BO3.C3H3BrN2S.CH4/c1-7-11-12-10(14-7)9-4-2-8(6-13)3-5-9;9-5-6-1-3-7(4-2-6)8(10)11;1-2-5-6-3(4)7-2;/h2-6H,1H3;1-5,10-11H;1H3;1H4. The molecule has 0 saturated carbocycles. The number of halogens is 1. The van der Waals surface area contributed by atoms with E-state index in [0.717, 1.165) is 30.8 Å². The van der Waals surface area contributed by atoms with Crippen LogP contribution < -0.4 is 5.46 Å². The molecule has 0 bridgehead atoms. The first kappa shape index (κ1) is 28.4. The minimum atomic E-state index is -1.46. The summed E-state index contributed by atoms with van der Waals surface area (Å²) in [6, 6.07) is 13.4. The molecule has 0 saturated heterocycles. The number of rotatable bonds is 4. The summed E-state index contributed by atoms with van der Waals surface area (Å²) in [5.41, 5.74) is 2.58. The Morgan fingerprint density at radius 1 is 0.788 bits per heavy atom. The van der Waals surface area contributed by atoms with Gasteiger partial charge in [0.15, 0.2) is 3.92 Å². The minimum absolute atomic E-state index is 0. The van der Waals surface area contributed by atoms with Gasteiger partial charge in [-0.3, -0.25) is 9.59 Å². The zero-order chi connectivity index (χ0) is 23.5. The molecule has 0 fully saturated rings. The molecule has 0 radical (unpaired) electrons. The molecule has 4 rings (SSSR count). The van der Waals surface area contributed by atoms with Gasteiger partial charge in [0.2, 0.25) is 0 Å². The fourth-order valence-corrected chi connectivity index (χ4v) is 4.02. The largest absolute Gasteiger partial charge is 0.488 e. The minimum Gasteiger partial charge on any atom is -0.423 e. The van der Waals surface area contributed by atoms with Crippen LogP contribution in [0.25, 0.3) is 10.6 Å². The van der Waals surface area contributed by atoms with Crippen molar-refractivity contribution in [2.75, 3.05) is 0 Å². The summed E-state index contributed by atoms with van der Waals surface area (Å²) in [6.45, 7) is 3.84. The first-order chi connectivity index (χ1) is 15.3. The van der Waals surface area contributed by atoms with Crippen LogP contribution in [0.2, 0.25) is 0 Å². The van der Waals surface area contributed by atoms with Crippen molar-refractivity contribution in [1.82, 2.24) is 20.4 Å². The Kier molecular flexibility index (Phi) is 12.5. The summed E-state index contributed by atoms with van der Waals surface area (Å²) in [5, 5.41) is 35.5. The number of benzene rings is 2. The maximum absolute atomic E-state index is 10.4. The van der Waals surface area contributed by atoms with Crippen LogP contribution in [0.15, 0.2) is 52.4 Å². The van der Waals surface area contributed by atoms with E-state index in [2.05, 4.69) is 36.3 Å². The summed E-state index contributed by atoms with van der Waals surface area (Å²) < 4.78 is 0.852. The molecule has 2 heterocycles. The molecule has 4 aromatic rings. The fourth-order valence-electron chi connectivity index (χ4n) is 2.14. The number of aromatic nitrogens is 4. The number of hydrogen-bond donors (Lipinski definition) is 2. The van der Waals surface area contributed by atoms with E-state index in [1.807, 2.05) is 26.0 Å². The van der Waals surface area contributed by atoms with E-state index < -0.39 is 7.12 Å². The Morgan fingerprint density at radius 2 is 1.27 bits per heavy atom. The quantitative estimate of drug-likeness (QED) is 0.291. The molecule has 2 aromatic carbocycles. The van der Waals surface area contributed by atoms with E-state index >= 15 is 0 Å². The highest BCUT2D eigenvalue weighted by Gasteiger charge is 2.09. The molecule has 0 aliphatic carbocycles. The maximum Gasteiger partial charge on any atom is 0.488 e. The third-order valence-electron chi connectivity index (χ3n) is 3.69. The van der Waals surface area contributed by atoms with Gasteiger partial charge in [0.05, 0.1) is 0 Å². The molecule has 0 spiro atoms. The third kappa shape index (κ3) is 9.80. The lowest BCUT2D eigenvalue weighted by molar-refractivity contribution is 0.111. The predicted octanol–water partition coefficient (Wildman–Crippen LogP) is 3.75. The second kappa shape index (κ2) is 14.5. The monoisotopic (exact) mass is 548 g/mol. The van der Waals surface area contributed by atoms with Gasteiger partial charge in [0.25, 0.3) is 0 Å². The van der Waals surface area contributed by atoms with Crippen LogP contribution in [0, 0.1) is 13.8 Å². The van der Waals surface area contributed by atoms with E-state index in [1.54, 1.807) is 23.5 Å². The van der Waals surface area contributed by atoms with Crippen LogP contribution in [0.5, 0.6) is 0 Å². The average Bonchev–Trinajstić information content (AvgIpc) is 3.41. The van der Waals surface area contributed by atoms with E-state index in [-0.39, 0.29) is 7.43 Å². The molecule has 12 heteroatoms. The topological polar surface area (TPSA) is 126 Å². The molecule has 172 valence electrons. The van der Waals surface area contributed by atoms with Crippen molar-refractivity contribution in [2.45, 2.75) is 21.3 Å². The Bertz CT molecular complexity index is 1120. The van der Waals surface area contributed by atoms with Crippen molar-refractivity contribution < 1.29 is 19.6 Å². The van der Waals surface area contributed by atoms with Crippen molar-refractivity contribution >= 4 is 63.8 Å². The molecule has 0 atom stereocenters. The summed E-state index contributed by atoms with van der Waals surface area (Å²) in [4.78, 5) is 20.6. The van der Waals surface area contributed by atoms with Crippen LogP contribution in [0.1, 0.15) is 38.2 Å². The van der Waals surface area contributed by atoms with Crippen molar-refractivity contribution in [3.8, 4) is 10.6 Å². The van der Waals surface area contributed by atoms with Crippen LogP contribution in [-0.2, 0) is 0 Å². The summed E-state index contributed by atoms with van der Waals surface area (Å²) in [6.07, 6.45) is 1.53. The lowest BCUT2D eigenvalue weighted by atomic mass is 9.80. The lowest BCUT2D eigenvalue weighted by Gasteiger charge is -1.97. The maximum atomic E-state index is 10.4. The third-order valence-corrected chi connectivity index (χ3v) is 5.85. The molecule has 33 heavy (non-hydrogen) atoms. The lowest BCUT2D eigenvalue weighted by Crippen LogP contribution is -2.29. The van der Waals surface area contributed by atoms with Gasteiger partial charge >= 0.3 is 7.12 Å². The van der Waals surface area contributed by atoms with Crippen molar-refractivity contribution in [1.29, 1.82) is 0 Å². The van der Waals surface area contributed by atoms with Gasteiger partial charge in [-0.25, -0.2) is 0 Å². The number of aryl methyl sites for hydroxylation is 2. The molecule has 0 aliphatic heterocycles. The van der Waals surface area contributed by atoms with Crippen LogP contribution in [-0.4, -0.2) is 50.1 Å². The number of carbonyl (C=O) groups is 2. The Balaban J connectivity index is 0.000000257. The fraction of sp³-hybridized carbons (Fsp3) is 0.143. The average molecular weight is 549 g/mol. The predicted molar refractivity (Wildman–Crippen MR) is 136 cm³/mol. The molecular formula is C21H22BBrN4O4S2. The molecule has 2 aromatic heterocycles. The van der Waals surface area contributed by atoms with Crippen molar-refractivity contribution in [3.63, 3.8) is 0 Å². The number of hydrogen-bond acceptors (Lipinski definition) is 10. The summed E-state index contributed by atoms with van der Waals surface area (Å²) in [5.74, 6) is 0. The molecule has 8 nitrogen and oxygen atoms in total. The normalized spacial score (nSPS) is 9.36. The molecule has 0 amide bonds. The Labute approximate surface area is 208 Å². The highest BCUT2D eigenvalue weighted by atomic mass is 79.9. The summed E-state index contributed by atoms with van der Waals surface area (Å²) in [7, 11) is -1.46. The van der Waals surface area contributed by atoms with Gasteiger partial charge in [0, 0.05) is 16.7 Å². The van der Waals surface area contributed by atoms with E-state index in [4.69, 9.17) is 10.0 Å². The van der Waals surface area contributed by atoms with Crippen LogP contribution in [0.4, 0.5) is 0 Å². The number of aldehydes is 2. The van der Waals surface area contributed by atoms with Crippen molar-refractivity contribution in [3.05, 3.63) is 73.6 Å². The zero-order valence-corrected chi connectivity index (χ0v) is 20.3. The smallest absolute Gasteiger partial charge is 0.423 e. The summed E-state index contributed by atoms with van der Waals surface area (Å²) >= 11 is 6.26. The van der Waals surface area contributed by atoms with Crippen LogP contribution in [0.3, 0.4) is 0 Å². The SMILES string of the molecule is C.Cc1nnc(-c2ccc(C=O)cc2)s1.Cc1nnc(Br)s1.O=Cc1ccc(B(O)O)cc1. The van der Waals surface area contributed by atoms with Gasteiger partial charge in [-0.15, -0.1) is 20.4 Å². The van der Waals surface area contributed by atoms with E-state index in [1.165, 1.54) is 35.6 Å². The molecule has 2 N–H and O–H groups in total. The highest BCUT2D eigenvalue weighted by Crippen LogP contribution is 2.22. The molecule has 0 aliphatic rings. The molecular weight excluding hydrogens is 527 g/mol. The molecule has 0 unspecified atom stereocenters. The first-order valence-electron chi connectivity index (χ1n) is 9.05. The van der Waals surface area contributed by atoms with Gasteiger partial charge in [0.1, 0.15) is 27.6 Å². The van der Waals surface area contributed by atoms with Crippen LogP contribution >= 0.6 is 38.6 Å². The van der Waals surface area contributed by atoms with Gasteiger partial charge in [-0.1, -0.05) is 78.6 Å². The van der Waals surface area contributed by atoms with E-state index in [0.29, 0.717) is 22.9 Å². The second-order valence-electron chi connectivity index (χ2n) is 6.10. The number of carbonyl (C=O) groups excluding carboxylic acids is 2. The van der Waals surface area contributed by atoms with Gasteiger partial charge in [-0.2, -0.15) is 0 Å². The highest BCUT2D eigenvalue weighted by molar-refractivity contribution is 9.11. The second-order valence-corrected chi connectivity index (χ2v) is 9.74. The van der Waals surface area contributed by atoms with Gasteiger partial charge < -0.3 is 10.0 Å². The first-order valence-corrected chi connectivity index (χ1v) is 11.5.